The van der Waals surface area contributed by atoms with Gasteiger partial charge in [-0.3, -0.25) is 9.59 Å². The van der Waals surface area contributed by atoms with E-state index in [0.717, 1.165) is 12.8 Å². The molecule has 0 heterocycles. The van der Waals surface area contributed by atoms with E-state index in [-0.39, 0.29) is 18.6 Å². The highest BCUT2D eigenvalue weighted by Crippen LogP contribution is 2.38. The van der Waals surface area contributed by atoms with E-state index in [2.05, 4.69) is 10.1 Å². The van der Waals surface area contributed by atoms with Crippen molar-refractivity contribution in [3.05, 3.63) is 0 Å². The molecule has 1 saturated carbocycles. The first-order chi connectivity index (χ1) is 7.00. The minimum absolute atomic E-state index is 0.0216. The number of rotatable bonds is 4. The summed E-state index contributed by atoms with van der Waals surface area (Å²) in [6.45, 7) is 1.66. The highest BCUT2D eigenvalue weighted by atomic mass is 16.5. The SMILES string of the molecule is COCC(=O)NC1CCCC1(C)C(=O)O. The maximum absolute atomic E-state index is 11.3. The summed E-state index contributed by atoms with van der Waals surface area (Å²) in [5.41, 5.74) is -0.830. The van der Waals surface area contributed by atoms with Crippen molar-refractivity contribution in [2.75, 3.05) is 13.7 Å². The van der Waals surface area contributed by atoms with Crippen LogP contribution in [0.2, 0.25) is 0 Å². The van der Waals surface area contributed by atoms with Crippen LogP contribution in [0.5, 0.6) is 0 Å². The van der Waals surface area contributed by atoms with Gasteiger partial charge in [0.15, 0.2) is 0 Å². The van der Waals surface area contributed by atoms with Crippen molar-refractivity contribution in [1.29, 1.82) is 0 Å². The van der Waals surface area contributed by atoms with E-state index >= 15 is 0 Å². The third-order valence-corrected chi connectivity index (χ3v) is 3.06. The summed E-state index contributed by atoms with van der Waals surface area (Å²) >= 11 is 0. The zero-order valence-corrected chi connectivity index (χ0v) is 9.08. The minimum atomic E-state index is -0.845. The van der Waals surface area contributed by atoms with E-state index in [1.54, 1.807) is 6.92 Å². The highest BCUT2D eigenvalue weighted by Gasteiger charge is 2.45. The topological polar surface area (TPSA) is 75.6 Å². The number of carbonyl (C=O) groups is 2. The summed E-state index contributed by atoms with van der Waals surface area (Å²) in [5, 5.41) is 11.8. The number of methoxy groups -OCH3 is 1. The van der Waals surface area contributed by atoms with Gasteiger partial charge >= 0.3 is 5.97 Å². The predicted octanol–water partition coefficient (Wildman–Crippen LogP) is 0.392. The largest absolute Gasteiger partial charge is 0.481 e. The molecule has 0 radical (unpaired) electrons. The molecule has 0 aromatic heterocycles. The van der Waals surface area contributed by atoms with Gasteiger partial charge in [-0.05, 0) is 19.8 Å². The average molecular weight is 215 g/mol. The summed E-state index contributed by atoms with van der Waals surface area (Å²) < 4.78 is 4.68. The van der Waals surface area contributed by atoms with E-state index < -0.39 is 11.4 Å². The number of carboxylic acid groups (broad SMARTS) is 1. The molecule has 15 heavy (non-hydrogen) atoms. The van der Waals surface area contributed by atoms with E-state index in [9.17, 15) is 9.59 Å². The lowest BCUT2D eigenvalue weighted by Crippen LogP contribution is -2.47. The molecule has 0 aromatic rings. The van der Waals surface area contributed by atoms with Crippen LogP contribution in [0.25, 0.3) is 0 Å². The molecule has 86 valence electrons. The molecule has 1 fully saturated rings. The molecule has 1 amide bonds. The van der Waals surface area contributed by atoms with Gasteiger partial charge in [0.25, 0.3) is 0 Å². The third-order valence-electron chi connectivity index (χ3n) is 3.06. The quantitative estimate of drug-likeness (QED) is 0.711. The van der Waals surface area contributed by atoms with Gasteiger partial charge in [-0.15, -0.1) is 0 Å². The van der Waals surface area contributed by atoms with Gasteiger partial charge in [0.1, 0.15) is 6.61 Å². The number of nitrogens with one attached hydrogen (secondary N) is 1. The second-order valence-corrected chi connectivity index (χ2v) is 4.17. The summed E-state index contributed by atoms with van der Waals surface area (Å²) in [6.07, 6.45) is 2.17. The lowest BCUT2D eigenvalue weighted by atomic mass is 9.85. The summed E-state index contributed by atoms with van der Waals surface area (Å²) in [5.74, 6) is -1.10. The minimum Gasteiger partial charge on any atom is -0.481 e. The van der Waals surface area contributed by atoms with Crippen LogP contribution < -0.4 is 5.32 Å². The molecule has 0 aliphatic heterocycles. The van der Waals surface area contributed by atoms with Crippen molar-refractivity contribution in [2.45, 2.75) is 32.2 Å². The Balaban J connectivity index is 2.61. The Hall–Kier alpha value is -1.10. The van der Waals surface area contributed by atoms with Gasteiger partial charge in [-0.25, -0.2) is 0 Å². The van der Waals surface area contributed by atoms with Crippen molar-refractivity contribution in [1.82, 2.24) is 5.32 Å². The molecule has 2 unspecified atom stereocenters. The van der Waals surface area contributed by atoms with Gasteiger partial charge in [0.2, 0.25) is 5.91 Å². The highest BCUT2D eigenvalue weighted by molar-refractivity contribution is 5.80. The van der Waals surface area contributed by atoms with Crippen LogP contribution >= 0.6 is 0 Å². The molecule has 1 aliphatic rings. The lowest BCUT2D eigenvalue weighted by molar-refractivity contribution is -0.149. The smallest absolute Gasteiger partial charge is 0.311 e. The van der Waals surface area contributed by atoms with Crippen molar-refractivity contribution >= 4 is 11.9 Å². The molecule has 0 bridgehead atoms. The normalized spacial score (nSPS) is 30.1. The van der Waals surface area contributed by atoms with Gasteiger partial charge in [0, 0.05) is 13.2 Å². The predicted molar refractivity (Wildman–Crippen MR) is 53.4 cm³/mol. The van der Waals surface area contributed by atoms with Gasteiger partial charge in [-0.2, -0.15) is 0 Å². The average Bonchev–Trinajstić information content (AvgIpc) is 2.50. The number of carbonyl (C=O) groups excluding carboxylic acids is 1. The molecule has 5 heteroatoms. The zero-order chi connectivity index (χ0) is 11.5. The molecular formula is C10H17NO4. The van der Waals surface area contributed by atoms with Crippen LogP contribution in [0.1, 0.15) is 26.2 Å². The van der Waals surface area contributed by atoms with Crippen molar-refractivity contribution in [2.24, 2.45) is 5.41 Å². The summed E-state index contributed by atoms with van der Waals surface area (Å²) in [4.78, 5) is 22.4. The van der Waals surface area contributed by atoms with Crippen molar-refractivity contribution < 1.29 is 19.4 Å². The second-order valence-electron chi connectivity index (χ2n) is 4.17. The van der Waals surface area contributed by atoms with Crippen molar-refractivity contribution in [3.63, 3.8) is 0 Å². The number of amides is 1. The van der Waals surface area contributed by atoms with E-state index in [1.165, 1.54) is 7.11 Å². The first-order valence-electron chi connectivity index (χ1n) is 5.02. The van der Waals surface area contributed by atoms with E-state index in [0.29, 0.717) is 6.42 Å². The maximum Gasteiger partial charge on any atom is 0.311 e. The number of ether oxygens (including phenoxy) is 1. The van der Waals surface area contributed by atoms with Gasteiger partial charge < -0.3 is 15.2 Å². The van der Waals surface area contributed by atoms with Gasteiger partial charge in [0.05, 0.1) is 5.41 Å². The maximum atomic E-state index is 11.3. The second kappa shape index (κ2) is 4.61. The molecule has 0 aromatic carbocycles. The first-order valence-corrected chi connectivity index (χ1v) is 5.02. The summed E-state index contributed by atoms with van der Waals surface area (Å²) in [6, 6.07) is -0.280. The molecule has 5 nitrogen and oxygen atoms in total. The van der Waals surface area contributed by atoms with Crippen LogP contribution in [0.15, 0.2) is 0 Å². The Kier molecular flexibility index (Phi) is 3.68. The lowest BCUT2D eigenvalue weighted by Gasteiger charge is -2.27. The zero-order valence-electron chi connectivity index (χ0n) is 9.08. The molecule has 2 atom stereocenters. The van der Waals surface area contributed by atoms with Gasteiger partial charge in [-0.1, -0.05) is 6.42 Å². The Morgan fingerprint density at radius 1 is 1.60 bits per heavy atom. The molecule has 1 rings (SSSR count). The monoisotopic (exact) mass is 215 g/mol. The Morgan fingerprint density at radius 3 is 2.80 bits per heavy atom. The third kappa shape index (κ3) is 2.47. The fourth-order valence-corrected chi connectivity index (χ4v) is 2.02. The molecule has 2 N–H and O–H groups in total. The Labute approximate surface area is 88.8 Å². The van der Waals surface area contributed by atoms with Crippen LogP contribution in [0.3, 0.4) is 0 Å². The fraction of sp³-hybridized carbons (Fsp3) is 0.800. The molecule has 1 aliphatic carbocycles. The van der Waals surface area contributed by atoms with Crippen LogP contribution in [0, 0.1) is 5.41 Å². The number of hydrogen-bond donors (Lipinski definition) is 2. The van der Waals surface area contributed by atoms with Crippen LogP contribution in [-0.4, -0.2) is 36.7 Å². The van der Waals surface area contributed by atoms with Crippen LogP contribution in [-0.2, 0) is 14.3 Å². The number of hydrogen-bond acceptors (Lipinski definition) is 3. The van der Waals surface area contributed by atoms with Crippen molar-refractivity contribution in [3.8, 4) is 0 Å². The molecule has 0 saturated heterocycles. The standard InChI is InChI=1S/C10H17NO4/c1-10(9(13)14)5-3-4-7(10)11-8(12)6-15-2/h7H,3-6H2,1-2H3,(H,11,12)(H,13,14). The first kappa shape index (κ1) is 12.0. The number of aliphatic carboxylic acids is 1. The summed E-state index contributed by atoms with van der Waals surface area (Å²) in [7, 11) is 1.44. The van der Waals surface area contributed by atoms with E-state index in [1.807, 2.05) is 0 Å². The molecular weight excluding hydrogens is 198 g/mol. The van der Waals surface area contributed by atoms with Crippen LogP contribution in [0.4, 0.5) is 0 Å². The number of carboxylic acids is 1. The van der Waals surface area contributed by atoms with E-state index in [4.69, 9.17) is 5.11 Å². The molecule has 0 spiro atoms. The Morgan fingerprint density at radius 2 is 2.27 bits per heavy atom. The fourth-order valence-electron chi connectivity index (χ4n) is 2.02. The Bertz CT molecular complexity index is 266.